The van der Waals surface area contributed by atoms with Crippen molar-refractivity contribution < 1.29 is 24.2 Å². The number of piperidine rings is 1. The Balaban J connectivity index is 1.87. The number of hydrogen-bond donors (Lipinski definition) is 2. The van der Waals surface area contributed by atoms with Crippen LogP contribution in [0.4, 0.5) is 4.79 Å². The lowest BCUT2D eigenvalue weighted by Crippen LogP contribution is -2.58. The van der Waals surface area contributed by atoms with Gasteiger partial charge in [-0.2, -0.15) is 5.26 Å². The van der Waals surface area contributed by atoms with Gasteiger partial charge in [0, 0.05) is 12.1 Å². The van der Waals surface area contributed by atoms with Crippen LogP contribution in [0.2, 0.25) is 0 Å². The minimum absolute atomic E-state index is 0.361. The van der Waals surface area contributed by atoms with E-state index in [1.165, 1.54) is 4.90 Å². The predicted molar refractivity (Wildman–Crippen MR) is 113 cm³/mol. The van der Waals surface area contributed by atoms with Gasteiger partial charge in [0.1, 0.15) is 29.1 Å². The maximum Gasteiger partial charge on any atom is 0.410 e. The Morgan fingerprint density at radius 1 is 1.32 bits per heavy atom. The van der Waals surface area contributed by atoms with E-state index in [1.54, 1.807) is 52.8 Å². The van der Waals surface area contributed by atoms with Crippen molar-refractivity contribution in [2.24, 2.45) is 0 Å². The minimum Gasteiger partial charge on any atom is -0.485 e. The molecule has 1 aromatic carbocycles. The molecule has 1 saturated heterocycles. The van der Waals surface area contributed by atoms with Gasteiger partial charge in [0.2, 0.25) is 5.91 Å². The number of carbonyl (C=O) groups is 2. The van der Waals surface area contributed by atoms with Gasteiger partial charge in [-0.05, 0) is 72.1 Å². The second-order valence-electron chi connectivity index (χ2n) is 9.69. The van der Waals surface area contributed by atoms with E-state index < -0.39 is 35.5 Å². The highest BCUT2D eigenvalue weighted by Gasteiger charge is 2.45. The fourth-order valence-electron chi connectivity index (χ4n) is 4.02. The molecule has 3 atom stereocenters. The molecule has 2 amide bonds. The molecular formula is C23H31N3O5. The molecule has 0 aliphatic carbocycles. The Labute approximate surface area is 183 Å². The van der Waals surface area contributed by atoms with Gasteiger partial charge in [-0.1, -0.05) is 0 Å². The number of nitrogens with zero attached hydrogens (tertiary/aromatic N) is 2. The Morgan fingerprint density at radius 2 is 2.03 bits per heavy atom. The van der Waals surface area contributed by atoms with Gasteiger partial charge in [0.25, 0.3) is 0 Å². The van der Waals surface area contributed by atoms with Gasteiger partial charge >= 0.3 is 6.09 Å². The number of ether oxygens (including phenoxy) is 2. The Morgan fingerprint density at radius 3 is 2.68 bits per heavy atom. The van der Waals surface area contributed by atoms with Crippen molar-refractivity contribution in [3.05, 3.63) is 29.3 Å². The highest BCUT2D eigenvalue weighted by molar-refractivity contribution is 5.86. The maximum absolute atomic E-state index is 13.3. The number of fused-ring (bicyclic) bond motifs is 1. The van der Waals surface area contributed by atoms with Crippen molar-refractivity contribution in [2.45, 2.75) is 83.3 Å². The second kappa shape index (κ2) is 8.39. The Hall–Kier alpha value is -2.79. The molecule has 8 nitrogen and oxygen atoms in total. The van der Waals surface area contributed by atoms with E-state index in [-0.39, 0.29) is 5.91 Å². The number of hydrogen-bond acceptors (Lipinski definition) is 6. The molecule has 2 N–H and O–H groups in total. The van der Waals surface area contributed by atoms with Crippen LogP contribution in [0.1, 0.15) is 71.0 Å². The maximum atomic E-state index is 13.3. The molecular weight excluding hydrogens is 398 g/mol. The highest BCUT2D eigenvalue weighted by atomic mass is 16.6. The fraction of sp³-hybridized carbons (Fsp3) is 0.609. The van der Waals surface area contributed by atoms with Crippen molar-refractivity contribution in [1.82, 2.24) is 10.2 Å². The second-order valence-corrected chi connectivity index (χ2v) is 9.69. The van der Waals surface area contributed by atoms with E-state index in [1.807, 2.05) is 0 Å². The van der Waals surface area contributed by atoms with Crippen LogP contribution in [-0.2, 0) is 9.53 Å². The average molecular weight is 430 g/mol. The van der Waals surface area contributed by atoms with E-state index in [9.17, 15) is 20.0 Å². The zero-order valence-electron chi connectivity index (χ0n) is 18.8. The summed E-state index contributed by atoms with van der Waals surface area (Å²) in [4.78, 5) is 27.4. The third-order valence-corrected chi connectivity index (χ3v) is 5.61. The molecule has 0 aromatic heterocycles. The number of rotatable bonds is 2. The van der Waals surface area contributed by atoms with Crippen LogP contribution in [0.25, 0.3) is 0 Å². The summed E-state index contributed by atoms with van der Waals surface area (Å²) in [6, 6.07) is 5.53. The van der Waals surface area contributed by atoms with E-state index in [0.29, 0.717) is 29.8 Å². The van der Waals surface area contributed by atoms with E-state index in [4.69, 9.17) is 9.47 Å². The molecule has 2 aliphatic rings. The summed E-state index contributed by atoms with van der Waals surface area (Å²) in [6.07, 6.45) is 0.557. The Kier molecular flexibility index (Phi) is 6.19. The molecule has 2 heterocycles. The first-order valence-electron chi connectivity index (χ1n) is 10.6. The van der Waals surface area contributed by atoms with Crippen molar-refractivity contribution >= 4 is 12.0 Å². The van der Waals surface area contributed by atoms with Crippen molar-refractivity contribution in [3.63, 3.8) is 0 Å². The summed E-state index contributed by atoms with van der Waals surface area (Å²) in [5, 5.41) is 23.1. The van der Waals surface area contributed by atoms with Crippen LogP contribution in [0.3, 0.4) is 0 Å². The molecule has 1 aromatic rings. The van der Waals surface area contributed by atoms with Crippen LogP contribution < -0.4 is 10.1 Å². The summed E-state index contributed by atoms with van der Waals surface area (Å²) >= 11 is 0. The van der Waals surface area contributed by atoms with Gasteiger partial charge < -0.3 is 19.9 Å². The lowest BCUT2D eigenvalue weighted by Gasteiger charge is -2.43. The monoisotopic (exact) mass is 429 g/mol. The van der Waals surface area contributed by atoms with Gasteiger partial charge in [-0.25, -0.2) is 4.79 Å². The number of aliphatic hydroxyl groups is 1. The van der Waals surface area contributed by atoms with Crippen LogP contribution >= 0.6 is 0 Å². The molecule has 1 fully saturated rings. The average Bonchev–Trinajstić information content (AvgIpc) is 2.69. The normalized spacial score (nSPS) is 24.9. The molecule has 0 spiro atoms. The van der Waals surface area contributed by atoms with Crippen molar-refractivity contribution in [2.75, 3.05) is 6.54 Å². The SMILES string of the molecule is CC(C)(C)OC(=O)N1CCCCC1C(=O)N[C@@H]1c2cc(C#N)ccc2OC(C)(C)[C@H]1O. The Bertz CT molecular complexity index is 899. The summed E-state index contributed by atoms with van der Waals surface area (Å²) in [5.74, 6) is 0.146. The highest BCUT2D eigenvalue weighted by Crippen LogP contribution is 2.40. The molecule has 0 bridgehead atoms. The van der Waals surface area contributed by atoms with E-state index >= 15 is 0 Å². The lowest BCUT2D eigenvalue weighted by atomic mass is 9.85. The smallest absolute Gasteiger partial charge is 0.410 e. The standard InChI is InChI=1S/C23H31N3O5/c1-22(2,3)31-21(29)26-11-7-6-8-16(26)20(28)25-18-15-12-14(13-24)9-10-17(15)30-23(4,5)19(18)27/h9-10,12,16,18-19,27H,6-8,11H2,1-5H3,(H,25,28)/t16?,18-,19+/m1/s1. The first kappa shape index (κ1) is 22.9. The van der Waals surface area contributed by atoms with Gasteiger partial charge in [0.15, 0.2) is 0 Å². The molecule has 1 unspecified atom stereocenters. The summed E-state index contributed by atoms with van der Waals surface area (Å²) in [7, 11) is 0. The summed E-state index contributed by atoms with van der Waals surface area (Å²) in [5.41, 5.74) is -0.667. The number of carbonyl (C=O) groups excluding carboxylic acids is 2. The fourth-order valence-corrected chi connectivity index (χ4v) is 4.02. The van der Waals surface area contributed by atoms with Crippen LogP contribution in [-0.4, -0.2) is 51.9 Å². The van der Waals surface area contributed by atoms with E-state index in [2.05, 4.69) is 11.4 Å². The van der Waals surface area contributed by atoms with Crippen molar-refractivity contribution in [3.8, 4) is 11.8 Å². The molecule has 2 aliphatic heterocycles. The zero-order chi connectivity index (χ0) is 23.0. The lowest BCUT2D eigenvalue weighted by molar-refractivity contribution is -0.132. The topological polar surface area (TPSA) is 112 Å². The molecule has 168 valence electrons. The van der Waals surface area contributed by atoms with E-state index in [0.717, 1.165) is 12.8 Å². The number of benzene rings is 1. The third-order valence-electron chi connectivity index (χ3n) is 5.61. The predicted octanol–water partition coefficient (Wildman–Crippen LogP) is 3.04. The quantitative estimate of drug-likeness (QED) is 0.747. The summed E-state index contributed by atoms with van der Waals surface area (Å²) in [6.45, 7) is 9.28. The molecule has 8 heteroatoms. The largest absolute Gasteiger partial charge is 0.485 e. The zero-order valence-corrected chi connectivity index (χ0v) is 18.8. The number of nitrogens with one attached hydrogen (secondary N) is 1. The van der Waals surface area contributed by atoms with Crippen LogP contribution in [0.15, 0.2) is 18.2 Å². The van der Waals surface area contributed by atoms with Gasteiger partial charge in [-0.15, -0.1) is 0 Å². The number of amides is 2. The molecule has 3 rings (SSSR count). The van der Waals surface area contributed by atoms with Gasteiger partial charge in [-0.3, -0.25) is 9.69 Å². The number of aliphatic hydroxyl groups excluding tert-OH is 1. The number of nitriles is 1. The third kappa shape index (κ3) is 4.93. The molecule has 31 heavy (non-hydrogen) atoms. The minimum atomic E-state index is -1.04. The van der Waals surface area contributed by atoms with Crippen LogP contribution in [0.5, 0.6) is 5.75 Å². The first-order chi connectivity index (χ1) is 14.4. The first-order valence-corrected chi connectivity index (χ1v) is 10.6. The molecule has 0 radical (unpaired) electrons. The number of likely N-dealkylation sites (tertiary alicyclic amines) is 1. The van der Waals surface area contributed by atoms with Gasteiger partial charge in [0.05, 0.1) is 17.7 Å². The molecule has 0 saturated carbocycles. The van der Waals surface area contributed by atoms with Crippen molar-refractivity contribution in [1.29, 1.82) is 5.26 Å². The summed E-state index contributed by atoms with van der Waals surface area (Å²) < 4.78 is 11.4. The van der Waals surface area contributed by atoms with Crippen LogP contribution in [0, 0.1) is 11.3 Å².